The third-order valence-electron chi connectivity index (χ3n) is 3.77. The van der Waals surface area contributed by atoms with Gasteiger partial charge in [0, 0.05) is 45.3 Å². The summed E-state index contributed by atoms with van der Waals surface area (Å²) in [4.78, 5) is 12.5. The summed E-state index contributed by atoms with van der Waals surface area (Å²) in [6, 6.07) is 15.6. The fraction of sp³-hybridized carbons (Fsp3) is 0.316. The van der Waals surface area contributed by atoms with Crippen molar-refractivity contribution in [3.05, 3.63) is 54.1 Å². The molecule has 2 aromatic carbocycles. The van der Waals surface area contributed by atoms with E-state index in [1.54, 1.807) is 6.26 Å². The lowest BCUT2D eigenvalue weighted by Gasteiger charge is -2.16. The van der Waals surface area contributed by atoms with Crippen LogP contribution in [0.3, 0.4) is 0 Å². The van der Waals surface area contributed by atoms with Crippen molar-refractivity contribution in [3.8, 4) is 0 Å². The van der Waals surface area contributed by atoms with E-state index in [1.807, 2.05) is 62.4 Å². The summed E-state index contributed by atoms with van der Waals surface area (Å²) in [7, 11) is -0.954. The zero-order valence-corrected chi connectivity index (χ0v) is 15.3. The van der Waals surface area contributed by atoms with E-state index in [1.165, 1.54) is 0 Å². The van der Waals surface area contributed by atoms with Gasteiger partial charge in [-0.05, 0) is 48.9 Å². The van der Waals surface area contributed by atoms with Crippen molar-refractivity contribution in [2.24, 2.45) is 5.92 Å². The van der Waals surface area contributed by atoms with Crippen LogP contribution in [0.15, 0.2) is 53.4 Å². The normalized spacial score (nSPS) is 13.4. The maximum Gasteiger partial charge on any atom is 0.226 e. The van der Waals surface area contributed by atoms with Gasteiger partial charge in [0.2, 0.25) is 5.91 Å². The maximum absolute atomic E-state index is 11.7. The Morgan fingerprint density at radius 1 is 0.917 bits per heavy atom. The van der Waals surface area contributed by atoms with Gasteiger partial charge in [0.05, 0.1) is 0 Å². The van der Waals surface area contributed by atoms with Crippen molar-refractivity contribution in [2.75, 3.05) is 16.9 Å². The molecule has 1 amide bonds. The fourth-order valence-corrected chi connectivity index (χ4v) is 2.74. The first-order valence-corrected chi connectivity index (χ1v) is 9.53. The average Bonchev–Trinajstić information content (AvgIpc) is 2.56. The topological polar surface area (TPSA) is 58.2 Å². The van der Waals surface area contributed by atoms with Crippen LogP contribution in [0.4, 0.5) is 11.4 Å². The molecule has 4 nitrogen and oxygen atoms in total. The second-order valence-corrected chi connectivity index (χ2v) is 7.49. The summed E-state index contributed by atoms with van der Waals surface area (Å²) in [5.41, 5.74) is 2.90. The number of carbonyl (C=O) groups excluding carboxylic acids is 1. The predicted molar refractivity (Wildman–Crippen MR) is 101 cm³/mol. The van der Waals surface area contributed by atoms with E-state index >= 15 is 0 Å². The molecule has 2 aromatic rings. The number of rotatable bonds is 6. The number of amides is 1. The van der Waals surface area contributed by atoms with Gasteiger partial charge in [0.1, 0.15) is 0 Å². The van der Waals surface area contributed by atoms with Gasteiger partial charge in [-0.25, -0.2) is 0 Å². The molecule has 2 N–H and O–H groups in total. The van der Waals surface area contributed by atoms with Gasteiger partial charge in [-0.15, -0.1) is 0 Å². The van der Waals surface area contributed by atoms with Crippen LogP contribution in [0.1, 0.15) is 32.4 Å². The number of benzene rings is 2. The van der Waals surface area contributed by atoms with Gasteiger partial charge < -0.3 is 10.6 Å². The summed E-state index contributed by atoms with van der Waals surface area (Å²) >= 11 is 0. The van der Waals surface area contributed by atoms with Crippen molar-refractivity contribution < 1.29 is 9.00 Å². The Kier molecular flexibility index (Phi) is 6.15. The molecule has 0 heterocycles. The van der Waals surface area contributed by atoms with E-state index in [0.717, 1.165) is 21.8 Å². The van der Waals surface area contributed by atoms with E-state index in [2.05, 4.69) is 17.6 Å². The number of carbonyl (C=O) groups is 1. The molecule has 0 fully saturated rings. The van der Waals surface area contributed by atoms with Crippen LogP contribution in [-0.2, 0) is 15.6 Å². The lowest BCUT2D eigenvalue weighted by Crippen LogP contribution is -2.17. The van der Waals surface area contributed by atoms with E-state index in [9.17, 15) is 9.00 Å². The molecule has 5 heteroatoms. The molecule has 128 valence electrons. The standard InChI is InChI=1S/C19H24N2O2S/c1-13(2)19(22)21-17-9-7-16(8-10-17)20-14(3)15-5-11-18(12-6-15)24(4)23/h5-14,20H,1-4H3,(H,21,22)/t14-,24+/m0/s1. The molecule has 0 aliphatic heterocycles. The first kappa shape index (κ1) is 18.2. The molecule has 0 spiro atoms. The molecule has 0 aromatic heterocycles. The first-order chi connectivity index (χ1) is 11.4. The van der Waals surface area contributed by atoms with E-state index < -0.39 is 10.8 Å². The number of hydrogen-bond acceptors (Lipinski definition) is 3. The van der Waals surface area contributed by atoms with Crippen LogP contribution in [0.25, 0.3) is 0 Å². The zero-order chi connectivity index (χ0) is 17.7. The summed E-state index contributed by atoms with van der Waals surface area (Å²) in [5, 5.41) is 6.30. The smallest absolute Gasteiger partial charge is 0.226 e. The molecule has 2 atom stereocenters. The van der Waals surface area contributed by atoms with Crippen molar-refractivity contribution in [2.45, 2.75) is 31.7 Å². The highest BCUT2D eigenvalue weighted by molar-refractivity contribution is 7.84. The van der Waals surface area contributed by atoms with E-state index in [-0.39, 0.29) is 17.9 Å². The monoisotopic (exact) mass is 344 g/mol. The quantitative estimate of drug-likeness (QED) is 0.826. The highest BCUT2D eigenvalue weighted by atomic mass is 32.2. The third-order valence-corrected chi connectivity index (χ3v) is 4.71. The van der Waals surface area contributed by atoms with Crippen molar-refractivity contribution in [1.29, 1.82) is 0 Å². The molecule has 0 aliphatic rings. The Morgan fingerprint density at radius 2 is 1.46 bits per heavy atom. The molecule has 2 rings (SSSR count). The van der Waals surface area contributed by atoms with Crippen LogP contribution in [0, 0.1) is 5.92 Å². The Bertz CT molecular complexity index is 709. The number of nitrogens with one attached hydrogen (secondary N) is 2. The molecule has 0 radical (unpaired) electrons. The Labute approximate surface area is 146 Å². The van der Waals surface area contributed by atoms with Crippen LogP contribution >= 0.6 is 0 Å². The minimum atomic E-state index is -0.954. The summed E-state index contributed by atoms with van der Waals surface area (Å²) in [6.07, 6.45) is 1.68. The summed E-state index contributed by atoms with van der Waals surface area (Å²) in [5.74, 6) is -0.0271. The first-order valence-electron chi connectivity index (χ1n) is 7.97. The average molecular weight is 344 g/mol. The number of anilines is 2. The van der Waals surface area contributed by atoms with Crippen LogP contribution in [0.5, 0.6) is 0 Å². The summed E-state index contributed by atoms with van der Waals surface area (Å²) < 4.78 is 11.4. The predicted octanol–water partition coefficient (Wildman–Crippen LogP) is 4.19. The van der Waals surface area contributed by atoms with E-state index in [4.69, 9.17) is 0 Å². The minimum absolute atomic E-state index is 0.0116. The Morgan fingerprint density at radius 3 is 1.96 bits per heavy atom. The minimum Gasteiger partial charge on any atom is -0.379 e. The highest BCUT2D eigenvalue weighted by Crippen LogP contribution is 2.22. The highest BCUT2D eigenvalue weighted by Gasteiger charge is 2.08. The molecule has 0 aliphatic carbocycles. The maximum atomic E-state index is 11.7. The van der Waals surface area contributed by atoms with Crippen LogP contribution < -0.4 is 10.6 Å². The van der Waals surface area contributed by atoms with Crippen molar-refractivity contribution >= 4 is 28.1 Å². The molecule has 24 heavy (non-hydrogen) atoms. The largest absolute Gasteiger partial charge is 0.379 e. The van der Waals surface area contributed by atoms with Gasteiger partial charge in [-0.2, -0.15) is 0 Å². The molecule has 0 saturated carbocycles. The Balaban J connectivity index is 2.00. The van der Waals surface area contributed by atoms with E-state index in [0.29, 0.717) is 0 Å². The fourth-order valence-electron chi connectivity index (χ4n) is 2.22. The lowest BCUT2D eigenvalue weighted by molar-refractivity contribution is -0.118. The van der Waals surface area contributed by atoms with Gasteiger partial charge >= 0.3 is 0 Å². The molecule has 0 unspecified atom stereocenters. The summed E-state index contributed by atoms with van der Waals surface area (Å²) in [6.45, 7) is 5.81. The molecular formula is C19H24N2O2S. The van der Waals surface area contributed by atoms with Crippen LogP contribution in [0.2, 0.25) is 0 Å². The second kappa shape index (κ2) is 8.11. The Hall–Kier alpha value is -2.14. The molecule has 0 bridgehead atoms. The van der Waals surface area contributed by atoms with Gasteiger partial charge in [0.15, 0.2) is 0 Å². The lowest BCUT2D eigenvalue weighted by atomic mass is 10.1. The van der Waals surface area contributed by atoms with Gasteiger partial charge in [-0.1, -0.05) is 26.0 Å². The van der Waals surface area contributed by atoms with Gasteiger partial charge in [-0.3, -0.25) is 9.00 Å². The molecule has 0 saturated heterocycles. The van der Waals surface area contributed by atoms with Crippen molar-refractivity contribution in [3.63, 3.8) is 0 Å². The van der Waals surface area contributed by atoms with Gasteiger partial charge in [0.25, 0.3) is 0 Å². The van der Waals surface area contributed by atoms with Crippen molar-refractivity contribution in [1.82, 2.24) is 0 Å². The zero-order valence-electron chi connectivity index (χ0n) is 14.5. The number of hydrogen-bond donors (Lipinski definition) is 2. The third kappa shape index (κ3) is 4.93. The van der Waals surface area contributed by atoms with Crippen LogP contribution in [-0.4, -0.2) is 16.4 Å². The molecular weight excluding hydrogens is 320 g/mol. The second-order valence-electron chi connectivity index (χ2n) is 6.11. The SMILES string of the molecule is CC(C)C(=O)Nc1ccc(N[C@@H](C)c2ccc([S@@](C)=O)cc2)cc1.